The van der Waals surface area contributed by atoms with Crippen molar-refractivity contribution in [3.05, 3.63) is 72.3 Å². The first-order valence-electron chi connectivity index (χ1n) is 10.8. The minimum atomic E-state index is -0.438. The van der Waals surface area contributed by atoms with Crippen LogP contribution < -0.4 is 26.2 Å². The molecule has 0 aliphatic rings. The molecule has 0 radical (unpaired) electrons. The highest BCUT2D eigenvalue weighted by Crippen LogP contribution is 2.19. The molecule has 0 aliphatic carbocycles. The number of amides is 3. The van der Waals surface area contributed by atoms with Crippen LogP contribution in [0.4, 0.5) is 5.69 Å². The van der Waals surface area contributed by atoms with Gasteiger partial charge in [-0.1, -0.05) is 42.5 Å². The third kappa shape index (κ3) is 7.56. The van der Waals surface area contributed by atoms with Gasteiger partial charge in [-0.2, -0.15) is 0 Å². The van der Waals surface area contributed by atoms with Gasteiger partial charge in [0.15, 0.2) is 5.11 Å². The lowest BCUT2D eigenvalue weighted by molar-refractivity contribution is -0.124. The Kier molecular flexibility index (Phi) is 8.93. The zero-order chi connectivity index (χ0) is 24.3. The monoisotopic (exact) mass is 478 g/mol. The number of thiocarbonyl (C=S) groups is 1. The summed E-state index contributed by atoms with van der Waals surface area (Å²) in [5.41, 5.74) is 6.35. The molecule has 0 atom stereocenters. The van der Waals surface area contributed by atoms with Gasteiger partial charge in [0, 0.05) is 18.5 Å². The van der Waals surface area contributed by atoms with E-state index in [1.165, 1.54) is 0 Å². The van der Waals surface area contributed by atoms with Crippen LogP contribution in [-0.4, -0.2) is 29.4 Å². The molecule has 0 saturated heterocycles. The normalized spacial score (nSPS) is 10.3. The van der Waals surface area contributed by atoms with Crippen molar-refractivity contribution in [3.8, 4) is 5.75 Å². The molecule has 34 heavy (non-hydrogen) atoms. The largest absolute Gasteiger partial charge is 0.494 e. The number of carbonyl (C=O) groups excluding carboxylic acids is 3. The van der Waals surface area contributed by atoms with Gasteiger partial charge in [-0.3, -0.25) is 25.2 Å². The van der Waals surface area contributed by atoms with Crippen LogP contribution in [0.5, 0.6) is 5.75 Å². The van der Waals surface area contributed by atoms with Crippen LogP contribution in [0.3, 0.4) is 0 Å². The van der Waals surface area contributed by atoms with Crippen LogP contribution in [-0.2, 0) is 20.8 Å². The molecule has 0 heterocycles. The van der Waals surface area contributed by atoms with Crippen LogP contribution in [0.1, 0.15) is 25.3 Å². The molecule has 3 aromatic rings. The fourth-order valence-electron chi connectivity index (χ4n) is 3.26. The van der Waals surface area contributed by atoms with E-state index in [1.54, 1.807) is 24.3 Å². The maximum absolute atomic E-state index is 12.3. The Morgan fingerprint density at radius 1 is 0.824 bits per heavy atom. The summed E-state index contributed by atoms with van der Waals surface area (Å²) in [6.45, 7) is 2.45. The van der Waals surface area contributed by atoms with Gasteiger partial charge in [-0.05, 0) is 59.7 Å². The second-order valence-electron chi connectivity index (χ2n) is 7.37. The second kappa shape index (κ2) is 12.3. The van der Waals surface area contributed by atoms with Gasteiger partial charge in [0.1, 0.15) is 5.75 Å². The first kappa shape index (κ1) is 24.7. The summed E-state index contributed by atoms with van der Waals surface area (Å²) in [5, 5.41) is 7.27. The Labute approximate surface area is 203 Å². The van der Waals surface area contributed by atoms with E-state index < -0.39 is 5.91 Å². The van der Waals surface area contributed by atoms with E-state index >= 15 is 0 Å². The predicted octanol–water partition coefficient (Wildman–Crippen LogP) is 3.22. The number of ether oxygens (including phenoxy) is 1. The molecule has 3 rings (SSSR count). The van der Waals surface area contributed by atoms with E-state index in [0.29, 0.717) is 18.0 Å². The topological polar surface area (TPSA) is 109 Å². The number of fused-ring (bicyclic) bond motifs is 1. The smallest absolute Gasteiger partial charge is 0.238 e. The van der Waals surface area contributed by atoms with Gasteiger partial charge in [0.05, 0.1) is 13.0 Å². The Bertz CT molecular complexity index is 1180. The average molecular weight is 479 g/mol. The van der Waals surface area contributed by atoms with Crippen molar-refractivity contribution in [2.75, 3.05) is 11.9 Å². The fourth-order valence-corrected chi connectivity index (χ4v) is 3.43. The standard InChI is InChI=1S/C25H26N4O4S/c1-2-33-20-12-10-19(11-13-20)26-22(30)14-15-23(31)28-29-25(34)27-24(32)16-18-8-5-7-17-6-3-4-9-21(17)18/h3-13H,2,14-16H2,1H3,(H,26,30)(H,28,31)(H2,27,29,32,34). The minimum absolute atomic E-state index is 0.0130. The molecule has 3 amide bonds. The van der Waals surface area contributed by atoms with Gasteiger partial charge in [-0.25, -0.2) is 0 Å². The van der Waals surface area contributed by atoms with E-state index in [4.69, 9.17) is 17.0 Å². The molecule has 0 spiro atoms. The third-order valence-corrected chi connectivity index (χ3v) is 5.03. The number of rotatable bonds is 8. The summed E-state index contributed by atoms with van der Waals surface area (Å²) in [6, 6.07) is 20.5. The van der Waals surface area contributed by atoms with E-state index in [2.05, 4.69) is 21.5 Å². The molecule has 9 heteroatoms. The van der Waals surface area contributed by atoms with Gasteiger partial charge < -0.3 is 15.4 Å². The number of hydrogen-bond acceptors (Lipinski definition) is 5. The number of hydrazine groups is 1. The highest BCUT2D eigenvalue weighted by Gasteiger charge is 2.11. The molecule has 0 fully saturated rings. The molecule has 0 aliphatic heterocycles. The van der Waals surface area contributed by atoms with Crippen LogP contribution in [0.15, 0.2) is 66.7 Å². The molecule has 8 nitrogen and oxygen atoms in total. The number of hydrogen-bond donors (Lipinski definition) is 4. The highest BCUT2D eigenvalue weighted by molar-refractivity contribution is 7.80. The predicted molar refractivity (Wildman–Crippen MR) is 135 cm³/mol. The Morgan fingerprint density at radius 2 is 1.53 bits per heavy atom. The maximum Gasteiger partial charge on any atom is 0.238 e. The summed E-state index contributed by atoms with van der Waals surface area (Å²) in [5.74, 6) is -0.332. The van der Waals surface area contributed by atoms with Crippen LogP contribution >= 0.6 is 12.2 Å². The molecule has 0 bridgehead atoms. The number of nitrogens with one attached hydrogen (secondary N) is 4. The summed E-state index contributed by atoms with van der Waals surface area (Å²) in [7, 11) is 0. The molecule has 0 saturated carbocycles. The highest BCUT2D eigenvalue weighted by atomic mass is 32.1. The van der Waals surface area contributed by atoms with Crippen molar-refractivity contribution in [2.45, 2.75) is 26.2 Å². The molecule has 0 aromatic heterocycles. The van der Waals surface area contributed by atoms with Crippen LogP contribution in [0.25, 0.3) is 10.8 Å². The molecule has 3 aromatic carbocycles. The molecular weight excluding hydrogens is 452 g/mol. The average Bonchev–Trinajstić information content (AvgIpc) is 2.83. The number of benzene rings is 3. The summed E-state index contributed by atoms with van der Waals surface area (Å²) in [4.78, 5) is 36.4. The van der Waals surface area contributed by atoms with Crippen molar-refractivity contribution in [1.82, 2.24) is 16.2 Å². The van der Waals surface area contributed by atoms with Crippen molar-refractivity contribution >= 4 is 51.5 Å². The first-order chi connectivity index (χ1) is 16.4. The summed E-state index contributed by atoms with van der Waals surface area (Å²) < 4.78 is 5.35. The zero-order valence-corrected chi connectivity index (χ0v) is 19.5. The van der Waals surface area contributed by atoms with Gasteiger partial charge >= 0.3 is 0 Å². The Morgan fingerprint density at radius 3 is 2.29 bits per heavy atom. The lowest BCUT2D eigenvalue weighted by Crippen LogP contribution is -2.48. The first-order valence-corrected chi connectivity index (χ1v) is 11.2. The van der Waals surface area contributed by atoms with Crippen molar-refractivity contribution < 1.29 is 19.1 Å². The Hall–Kier alpha value is -3.98. The second-order valence-corrected chi connectivity index (χ2v) is 7.78. The van der Waals surface area contributed by atoms with Gasteiger partial charge in [-0.15, -0.1) is 0 Å². The number of anilines is 1. The van der Waals surface area contributed by atoms with Crippen molar-refractivity contribution in [2.24, 2.45) is 0 Å². The van der Waals surface area contributed by atoms with Crippen LogP contribution in [0.2, 0.25) is 0 Å². The van der Waals surface area contributed by atoms with Crippen molar-refractivity contribution in [1.29, 1.82) is 0 Å². The van der Waals surface area contributed by atoms with Crippen LogP contribution in [0, 0.1) is 0 Å². The summed E-state index contributed by atoms with van der Waals surface area (Å²) >= 11 is 5.07. The maximum atomic E-state index is 12.3. The van der Waals surface area contributed by atoms with E-state index in [1.807, 2.05) is 49.4 Å². The molecular formula is C25H26N4O4S. The minimum Gasteiger partial charge on any atom is -0.494 e. The van der Waals surface area contributed by atoms with E-state index in [-0.39, 0.29) is 36.2 Å². The lowest BCUT2D eigenvalue weighted by Gasteiger charge is -2.12. The van der Waals surface area contributed by atoms with E-state index in [9.17, 15) is 14.4 Å². The molecule has 4 N–H and O–H groups in total. The fraction of sp³-hybridized carbons (Fsp3) is 0.200. The summed E-state index contributed by atoms with van der Waals surface area (Å²) in [6.07, 6.45) is 0.0756. The van der Waals surface area contributed by atoms with Gasteiger partial charge in [0.2, 0.25) is 17.7 Å². The SMILES string of the molecule is CCOc1ccc(NC(=O)CCC(=O)NNC(=S)NC(=O)Cc2cccc3ccccc23)cc1. The molecule has 0 unspecified atom stereocenters. The zero-order valence-electron chi connectivity index (χ0n) is 18.7. The molecule has 176 valence electrons. The third-order valence-electron chi connectivity index (χ3n) is 4.83. The van der Waals surface area contributed by atoms with E-state index in [0.717, 1.165) is 16.3 Å². The quantitative estimate of drug-likeness (QED) is 0.292. The number of carbonyl (C=O) groups is 3. The Balaban J connectivity index is 1.36. The van der Waals surface area contributed by atoms with Gasteiger partial charge in [0.25, 0.3) is 0 Å². The van der Waals surface area contributed by atoms with Crippen molar-refractivity contribution in [3.63, 3.8) is 0 Å². The lowest BCUT2D eigenvalue weighted by atomic mass is 10.0.